The second-order valence-corrected chi connectivity index (χ2v) is 5.48. The summed E-state index contributed by atoms with van der Waals surface area (Å²) in [6.45, 7) is 0. The molecule has 4 nitrogen and oxygen atoms in total. The zero-order valence-corrected chi connectivity index (χ0v) is 12.0. The minimum Gasteiger partial charge on any atom is -0.382 e. The Kier molecular flexibility index (Phi) is 3.60. The molecule has 3 rings (SSSR count). The van der Waals surface area contributed by atoms with Crippen LogP contribution in [0, 0.1) is 11.3 Å². The molecule has 1 atom stereocenters. The molecule has 9 heteroatoms. The van der Waals surface area contributed by atoms with Crippen molar-refractivity contribution >= 4 is 0 Å². The number of aliphatic hydroxyl groups is 1. The summed E-state index contributed by atoms with van der Waals surface area (Å²) in [4.78, 5) is 3.76. The maximum absolute atomic E-state index is 13.7. The predicted molar refractivity (Wildman–Crippen MR) is 71.5 cm³/mol. The number of rotatable bonds is 1. The molecule has 1 N–H and O–H groups in total. The first-order valence-electron chi connectivity index (χ1n) is 6.88. The normalized spacial score (nSPS) is 19.6. The molecular formula is C15H10F5N3O. The van der Waals surface area contributed by atoms with Crippen molar-refractivity contribution in [1.29, 1.82) is 5.26 Å². The van der Waals surface area contributed by atoms with Gasteiger partial charge in [-0.05, 0) is 12.5 Å². The zero-order valence-electron chi connectivity index (χ0n) is 12.0. The van der Waals surface area contributed by atoms with E-state index in [9.17, 15) is 27.1 Å². The molecule has 0 saturated carbocycles. The largest absolute Gasteiger partial charge is 0.418 e. The van der Waals surface area contributed by atoms with Crippen LogP contribution in [0.25, 0.3) is 5.69 Å². The Morgan fingerprint density at radius 1 is 1.33 bits per heavy atom. The van der Waals surface area contributed by atoms with Crippen molar-refractivity contribution in [3.05, 3.63) is 47.0 Å². The summed E-state index contributed by atoms with van der Waals surface area (Å²) in [5, 5.41) is 18.6. The molecular weight excluding hydrogens is 333 g/mol. The van der Waals surface area contributed by atoms with Crippen LogP contribution in [-0.4, -0.2) is 20.6 Å². The van der Waals surface area contributed by atoms with Crippen molar-refractivity contribution in [2.75, 3.05) is 0 Å². The molecule has 0 aliphatic heterocycles. The van der Waals surface area contributed by atoms with Crippen molar-refractivity contribution in [1.82, 2.24) is 9.55 Å². The molecule has 0 amide bonds. The predicted octanol–water partition coefficient (Wildman–Crippen LogP) is 3.38. The molecule has 0 spiro atoms. The van der Waals surface area contributed by atoms with Gasteiger partial charge in [0.2, 0.25) is 0 Å². The lowest BCUT2D eigenvalue weighted by Gasteiger charge is -2.29. The van der Waals surface area contributed by atoms with E-state index < -0.39 is 35.8 Å². The van der Waals surface area contributed by atoms with E-state index in [-0.39, 0.29) is 23.4 Å². The van der Waals surface area contributed by atoms with Gasteiger partial charge in [-0.25, -0.2) is 8.78 Å². The van der Waals surface area contributed by atoms with Crippen molar-refractivity contribution in [3.63, 3.8) is 0 Å². The van der Waals surface area contributed by atoms with E-state index in [4.69, 9.17) is 5.26 Å². The summed E-state index contributed by atoms with van der Waals surface area (Å²) in [7, 11) is 0. The van der Waals surface area contributed by atoms with Crippen LogP contribution < -0.4 is 0 Å². The van der Waals surface area contributed by atoms with Crippen LogP contribution in [-0.2, 0) is 12.6 Å². The fraction of sp³-hybridized carbons (Fsp3) is 0.333. The topological polar surface area (TPSA) is 61.8 Å². The summed E-state index contributed by atoms with van der Waals surface area (Å²) in [5.41, 5.74) is -1.94. The highest BCUT2D eigenvalue weighted by molar-refractivity contribution is 5.47. The van der Waals surface area contributed by atoms with Crippen LogP contribution in [0.4, 0.5) is 22.0 Å². The van der Waals surface area contributed by atoms with Gasteiger partial charge in [0.25, 0.3) is 5.92 Å². The fourth-order valence-electron chi connectivity index (χ4n) is 2.83. The third-order valence-corrected chi connectivity index (χ3v) is 3.96. The van der Waals surface area contributed by atoms with Gasteiger partial charge in [-0.15, -0.1) is 0 Å². The second kappa shape index (κ2) is 5.27. The van der Waals surface area contributed by atoms with E-state index in [1.165, 1.54) is 18.5 Å². The summed E-state index contributed by atoms with van der Waals surface area (Å²) >= 11 is 0. The molecule has 0 fully saturated rings. The molecule has 0 radical (unpaired) electrons. The summed E-state index contributed by atoms with van der Waals surface area (Å²) in [6.07, 6.45) is -5.43. The second-order valence-electron chi connectivity index (χ2n) is 5.48. The number of hydrogen-bond donors (Lipinski definition) is 1. The third kappa shape index (κ3) is 2.53. The molecule has 0 saturated heterocycles. The first-order valence-corrected chi connectivity index (χ1v) is 6.88. The van der Waals surface area contributed by atoms with E-state index in [0.717, 1.165) is 4.57 Å². The maximum Gasteiger partial charge on any atom is 0.418 e. The highest BCUT2D eigenvalue weighted by Crippen LogP contribution is 2.48. The van der Waals surface area contributed by atoms with E-state index in [0.29, 0.717) is 6.20 Å². The highest BCUT2D eigenvalue weighted by Gasteiger charge is 2.50. The lowest BCUT2D eigenvalue weighted by molar-refractivity contribution is -0.147. The molecule has 1 aliphatic carbocycles. The SMILES string of the molecule is N#Cc1cncc(-n2cc(C(F)(F)F)c3c2CCC(F)(F)[C@H]3O)c1. The molecule has 2 heterocycles. The van der Waals surface area contributed by atoms with Crippen LogP contribution in [0.15, 0.2) is 24.7 Å². The maximum atomic E-state index is 13.7. The Morgan fingerprint density at radius 2 is 2.04 bits per heavy atom. The fourth-order valence-corrected chi connectivity index (χ4v) is 2.83. The van der Waals surface area contributed by atoms with Gasteiger partial charge in [0.05, 0.1) is 23.0 Å². The van der Waals surface area contributed by atoms with Gasteiger partial charge in [0.1, 0.15) is 12.2 Å². The Bertz CT molecular complexity index is 835. The standard InChI is InChI=1S/C15H10F5N3O/c16-14(17)2-1-11-12(13(14)24)10(15(18,19)20)7-23(11)9-3-8(4-21)5-22-6-9/h3,5-7,13,24H,1-2H2/t13-/m0/s1. The Labute approximate surface area is 132 Å². The molecule has 0 unspecified atom stereocenters. The molecule has 0 aromatic carbocycles. The van der Waals surface area contributed by atoms with Crippen molar-refractivity contribution in [2.24, 2.45) is 0 Å². The summed E-state index contributed by atoms with van der Waals surface area (Å²) in [6, 6.07) is 3.11. The van der Waals surface area contributed by atoms with E-state index in [1.54, 1.807) is 0 Å². The van der Waals surface area contributed by atoms with Gasteiger partial charge < -0.3 is 9.67 Å². The number of hydrogen-bond acceptors (Lipinski definition) is 3. The average molecular weight is 343 g/mol. The van der Waals surface area contributed by atoms with Gasteiger partial charge in [-0.3, -0.25) is 4.98 Å². The molecule has 2 aromatic heterocycles. The quantitative estimate of drug-likeness (QED) is 0.808. The molecule has 126 valence electrons. The minimum atomic E-state index is -4.90. The van der Waals surface area contributed by atoms with Crippen LogP contribution >= 0.6 is 0 Å². The van der Waals surface area contributed by atoms with E-state index in [1.807, 2.05) is 6.07 Å². The average Bonchev–Trinajstić information content (AvgIpc) is 2.91. The number of alkyl halides is 5. The van der Waals surface area contributed by atoms with Crippen molar-refractivity contribution < 1.29 is 27.1 Å². The lowest BCUT2D eigenvalue weighted by atomic mass is 9.89. The van der Waals surface area contributed by atoms with E-state index >= 15 is 0 Å². The number of nitrogens with zero attached hydrogens (tertiary/aromatic N) is 3. The van der Waals surface area contributed by atoms with Crippen LogP contribution in [0.1, 0.15) is 34.9 Å². The molecule has 1 aliphatic rings. The van der Waals surface area contributed by atoms with Crippen molar-refractivity contribution in [3.8, 4) is 11.8 Å². The monoisotopic (exact) mass is 343 g/mol. The minimum absolute atomic E-state index is 0.0577. The summed E-state index contributed by atoms with van der Waals surface area (Å²) < 4.78 is 68.2. The van der Waals surface area contributed by atoms with Crippen LogP contribution in [0.5, 0.6) is 0 Å². The van der Waals surface area contributed by atoms with Gasteiger partial charge in [-0.1, -0.05) is 0 Å². The first-order chi connectivity index (χ1) is 11.1. The van der Waals surface area contributed by atoms with Crippen LogP contribution in [0.3, 0.4) is 0 Å². The first kappa shape index (κ1) is 16.4. The summed E-state index contributed by atoms with van der Waals surface area (Å²) in [5.74, 6) is -3.63. The van der Waals surface area contributed by atoms with Crippen molar-refractivity contribution in [2.45, 2.75) is 31.0 Å². The number of halogens is 5. The number of pyridine rings is 1. The third-order valence-electron chi connectivity index (χ3n) is 3.96. The number of fused-ring (bicyclic) bond motifs is 1. The zero-order chi connectivity index (χ0) is 17.7. The Morgan fingerprint density at radius 3 is 2.67 bits per heavy atom. The molecule has 2 aromatic rings. The van der Waals surface area contributed by atoms with Crippen LogP contribution in [0.2, 0.25) is 0 Å². The smallest absolute Gasteiger partial charge is 0.382 e. The van der Waals surface area contributed by atoms with E-state index in [2.05, 4.69) is 4.98 Å². The van der Waals surface area contributed by atoms with Gasteiger partial charge >= 0.3 is 6.18 Å². The lowest BCUT2D eigenvalue weighted by Crippen LogP contribution is -2.33. The van der Waals surface area contributed by atoms with Gasteiger partial charge in [-0.2, -0.15) is 18.4 Å². The highest BCUT2D eigenvalue weighted by atomic mass is 19.4. The number of aliphatic hydroxyl groups excluding tert-OH is 1. The van der Waals surface area contributed by atoms with Gasteiger partial charge in [0.15, 0.2) is 0 Å². The Hall–Kier alpha value is -2.47. The van der Waals surface area contributed by atoms with Gasteiger partial charge in [0, 0.05) is 30.1 Å². The Balaban J connectivity index is 2.25. The number of aromatic nitrogens is 2. The molecule has 24 heavy (non-hydrogen) atoms. The molecule has 0 bridgehead atoms. The number of nitriles is 1.